The van der Waals surface area contributed by atoms with Crippen LogP contribution in [-0.2, 0) is 22.4 Å². The van der Waals surface area contributed by atoms with Gasteiger partial charge in [0, 0.05) is 23.1 Å². The number of esters is 1. The minimum absolute atomic E-state index is 0.0464. The van der Waals surface area contributed by atoms with Crippen molar-refractivity contribution in [2.75, 3.05) is 12.4 Å². The summed E-state index contributed by atoms with van der Waals surface area (Å²) in [5.74, 6) is -0.367. The standard InChI is InChI=1S/C23H26N2O5S/c1-23(2,3)15-9-10-17-18(13-15)31-21(20(17)22(27)30-4)24-19(26)11-8-14-6-5-7-16(12-14)25(28)29/h5-8,11-12,15H,9-10,13H2,1-4H3,(H,24,26). The number of nitro benzene ring substituents is 1. The lowest BCUT2D eigenvalue weighted by Gasteiger charge is -2.33. The lowest BCUT2D eigenvalue weighted by atomic mass is 9.72. The van der Waals surface area contributed by atoms with Gasteiger partial charge in [-0.25, -0.2) is 4.79 Å². The van der Waals surface area contributed by atoms with Crippen molar-refractivity contribution in [3.63, 3.8) is 0 Å². The quantitative estimate of drug-likeness (QED) is 0.295. The van der Waals surface area contributed by atoms with Crippen LogP contribution in [0.1, 0.15) is 53.6 Å². The molecule has 0 saturated heterocycles. The number of hydrogen-bond acceptors (Lipinski definition) is 6. The number of carbonyl (C=O) groups is 2. The Labute approximate surface area is 185 Å². The summed E-state index contributed by atoms with van der Waals surface area (Å²) in [6.45, 7) is 6.66. The Morgan fingerprint density at radius 1 is 1.32 bits per heavy atom. The molecule has 1 aromatic heterocycles. The number of carbonyl (C=O) groups excluding carboxylic acids is 2. The van der Waals surface area contributed by atoms with E-state index in [1.54, 1.807) is 12.1 Å². The van der Waals surface area contributed by atoms with Crippen LogP contribution in [0.25, 0.3) is 6.08 Å². The molecule has 164 valence electrons. The monoisotopic (exact) mass is 442 g/mol. The Morgan fingerprint density at radius 2 is 2.06 bits per heavy atom. The Bertz CT molecular complexity index is 1050. The average molecular weight is 443 g/mol. The number of ether oxygens (including phenoxy) is 1. The maximum atomic E-state index is 12.5. The molecular weight excluding hydrogens is 416 g/mol. The molecule has 0 saturated carbocycles. The molecule has 31 heavy (non-hydrogen) atoms. The van der Waals surface area contributed by atoms with Crippen molar-refractivity contribution in [3.05, 3.63) is 62.0 Å². The van der Waals surface area contributed by atoms with Crippen LogP contribution in [0.4, 0.5) is 10.7 Å². The first kappa shape index (κ1) is 22.7. The molecule has 1 heterocycles. The van der Waals surface area contributed by atoms with E-state index in [9.17, 15) is 19.7 Å². The van der Waals surface area contributed by atoms with Gasteiger partial charge < -0.3 is 10.1 Å². The van der Waals surface area contributed by atoms with Gasteiger partial charge in [0.1, 0.15) is 5.00 Å². The summed E-state index contributed by atoms with van der Waals surface area (Å²) < 4.78 is 4.98. The van der Waals surface area contributed by atoms with Gasteiger partial charge in [0.25, 0.3) is 5.69 Å². The first-order valence-electron chi connectivity index (χ1n) is 10.1. The maximum Gasteiger partial charge on any atom is 0.341 e. The number of nitrogens with one attached hydrogen (secondary N) is 1. The molecule has 1 atom stereocenters. The van der Waals surface area contributed by atoms with Gasteiger partial charge in [-0.15, -0.1) is 11.3 Å². The van der Waals surface area contributed by atoms with Crippen LogP contribution >= 0.6 is 11.3 Å². The summed E-state index contributed by atoms with van der Waals surface area (Å²) >= 11 is 1.43. The van der Waals surface area contributed by atoms with Crippen molar-refractivity contribution in [2.45, 2.75) is 40.0 Å². The van der Waals surface area contributed by atoms with Crippen molar-refractivity contribution in [1.29, 1.82) is 0 Å². The summed E-state index contributed by atoms with van der Waals surface area (Å²) in [7, 11) is 1.33. The van der Waals surface area contributed by atoms with E-state index in [1.165, 1.54) is 42.7 Å². The summed E-state index contributed by atoms with van der Waals surface area (Å²) in [5.41, 5.74) is 2.06. The SMILES string of the molecule is COC(=O)c1c(NC(=O)C=Cc2cccc([N+](=O)[O-])c2)sc2c1CCC(C(C)(C)C)C2. The molecule has 1 aliphatic rings. The molecule has 1 amide bonds. The second-order valence-electron chi connectivity index (χ2n) is 8.68. The molecular formula is C23H26N2O5S. The third-order valence-corrected chi connectivity index (χ3v) is 6.79. The van der Waals surface area contributed by atoms with Crippen molar-refractivity contribution in [3.8, 4) is 0 Å². The van der Waals surface area contributed by atoms with Gasteiger partial charge in [-0.1, -0.05) is 32.9 Å². The first-order chi connectivity index (χ1) is 14.6. The Kier molecular flexibility index (Phi) is 6.59. The number of amides is 1. The van der Waals surface area contributed by atoms with E-state index in [0.29, 0.717) is 22.0 Å². The highest BCUT2D eigenvalue weighted by Gasteiger charge is 2.34. The predicted molar refractivity (Wildman–Crippen MR) is 121 cm³/mol. The van der Waals surface area contributed by atoms with Gasteiger partial charge in [0.2, 0.25) is 5.91 Å². The number of anilines is 1. The third-order valence-electron chi connectivity index (χ3n) is 5.62. The minimum atomic E-state index is -0.485. The number of hydrogen-bond donors (Lipinski definition) is 1. The first-order valence-corrected chi connectivity index (χ1v) is 10.9. The molecule has 7 nitrogen and oxygen atoms in total. The molecule has 0 spiro atoms. The molecule has 0 fully saturated rings. The minimum Gasteiger partial charge on any atom is -0.465 e. The Hall–Kier alpha value is -3.00. The number of non-ortho nitro benzene ring substituents is 1. The zero-order valence-electron chi connectivity index (χ0n) is 18.1. The van der Waals surface area contributed by atoms with Crippen LogP contribution < -0.4 is 5.32 Å². The molecule has 1 aromatic carbocycles. The zero-order valence-corrected chi connectivity index (χ0v) is 18.9. The van der Waals surface area contributed by atoms with E-state index >= 15 is 0 Å². The number of benzene rings is 1. The van der Waals surface area contributed by atoms with Crippen LogP contribution in [0, 0.1) is 21.4 Å². The number of nitro groups is 1. The van der Waals surface area contributed by atoms with Crippen molar-refractivity contribution in [2.24, 2.45) is 11.3 Å². The van der Waals surface area contributed by atoms with Gasteiger partial charge in [-0.2, -0.15) is 0 Å². The molecule has 0 bridgehead atoms. The number of fused-ring (bicyclic) bond motifs is 1. The van der Waals surface area contributed by atoms with Crippen molar-refractivity contribution >= 4 is 40.0 Å². The fourth-order valence-corrected chi connectivity index (χ4v) is 5.12. The normalized spacial score (nSPS) is 16.1. The van der Waals surface area contributed by atoms with Crippen LogP contribution in [0.2, 0.25) is 0 Å². The molecule has 8 heteroatoms. The number of thiophene rings is 1. The van der Waals surface area contributed by atoms with E-state index in [4.69, 9.17) is 4.74 Å². The highest BCUT2D eigenvalue weighted by atomic mass is 32.1. The van der Waals surface area contributed by atoms with Crippen LogP contribution in [0.5, 0.6) is 0 Å². The van der Waals surface area contributed by atoms with Gasteiger partial charge in [-0.05, 0) is 47.8 Å². The van der Waals surface area contributed by atoms with E-state index < -0.39 is 16.8 Å². The van der Waals surface area contributed by atoms with Gasteiger partial charge in [0.15, 0.2) is 0 Å². The second-order valence-corrected chi connectivity index (χ2v) is 9.79. The highest BCUT2D eigenvalue weighted by molar-refractivity contribution is 7.17. The molecule has 1 aliphatic carbocycles. The summed E-state index contributed by atoms with van der Waals surface area (Å²) in [6.07, 6.45) is 5.43. The zero-order chi connectivity index (χ0) is 22.8. The van der Waals surface area contributed by atoms with E-state index in [2.05, 4.69) is 26.1 Å². The average Bonchev–Trinajstić information content (AvgIpc) is 3.08. The van der Waals surface area contributed by atoms with Crippen LogP contribution in [0.3, 0.4) is 0 Å². The highest BCUT2D eigenvalue weighted by Crippen LogP contribution is 2.44. The lowest BCUT2D eigenvalue weighted by molar-refractivity contribution is -0.384. The van der Waals surface area contributed by atoms with Crippen molar-refractivity contribution in [1.82, 2.24) is 0 Å². The van der Waals surface area contributed by atoms with Gasteiger partial charge in [-0.3, -0.25) is 14.9 Å². The fourth-order valence-electron chi connectivity index (χ4n) is 3.80. The van der Waals surface area contributed by atoms with Gasteiger partial charge >= 0.3 is 5.97 Å². The molecule has 0 aliphatic heterocycles. The molecule has 1 unspecified atom stereocenters. The van der Waals surface area contributed by atoms with Gasteiger partial charge in [0.05, 0.1) is 17.6 Å². The number of rotatable bonds is 5. The molecule has 1 N–H and O–H groups in total. The number of methoxy groups -OCH3 is 1. The van der Waals surface area contributed by atoms with Crippen LogP contribution in [-0.4, -0.2) is 23.9 Å². The lowest BCUT2D eigenvalue weighted by Crippen LogP contribution is -2.26. The van der Waals surface area contributed by atoms with E-state index in [-0.39, 0.29) is 11.1 Å². The topological polar surface area (TPSA) is 98.5 Å². The Morgan fingerprint density at radius 3 is 2.71 bits per heavy atom. The van der Waals surface area contributed by atoms with Crippen LogP contribution in [0.15, 0.2) is 30.3 Å². The second kappa shape index (κ2) is 9.01. The van der Waals surface area contributed by atoms with Crippen molar-refractivity contribution < 1.29 is 19.2 Å². The maximum absolute atomic E-state index is 12.5. The largest absolute Gasteiger partial charge is 0.465 e. The van der Waals surface area contributed by atoms with E-state index in [0.717, 1.165) is 29.7 Å². The molecule has 3 rings (SSSR count). The molecule has 0 radical (unpaired) electrons. The summed E-state index contributed by atoms with van der Waals surface area (Å²) in [5, 5.41) is 14.2. The fraction of sp³-hybridized carbons (Fsp3) is 0.391. The Balaban J connectivity index is 1.83. The summed E-state index contributed by atoms with van der Waals surface area (Å²) in [6, 6.07) is 6.01. The molecule has 2 aromatic rings. The third kappa shape index (κ3) is 5.19. The van der Waals surface area contributed by atoms with E-state index in [1.807, 2.05) is 0 Å². The predicted octanol–water partition coefficient (Wildman–Crippen LogP) is 5.25. The summed E-state index contributed by atoms with van der Waals surface area (Å²) in [4.78, 5) is 36.5. The smallest absolute Gasteiger partial charge is 0.341 e. The number of nitrogens with zero attached hydrogens (tertiary/aromatic N) is 1.